The van der Waals surface area contributed by atoms with E-state index in [1.165, 1.54) is 15.5 Å². The molecule has 1 N–H and O–H groups in total. The van der Waals surface area contributed by atoms with E-state index in [1.807, 2.05) is 43.3 Å². The lowest BCUT2D eigenvalue weighted by molar-refractivity contribution is 0.318. The summed E-state index contributed by atoms with van der Waals surface area (Å²) in [6, 6.07) is 17.9. The summed E-state index contributed by atoms with van der Waals surface area (Å²) in [6.07, 6.45) is 3.99. The van der Waals surface area contributed by atoms with Crippen LogP contribution in [0.25, 0.3) is 33.1 Å². The van der Waals surface area contributed by atoms with Gasteiger partial charge >= 0.3 is 0 Å². The number of hydrogen-bond acceptors (Lipinski definition) is 4. The van der Waals surface area contributed by atoms with Crippen LogP contribution >= 0.6 is 11.3 Å². The molecule has 3 aromatic carbocycles. The van der Waals surface area contributed by atoms with E-state index in [1.54, 1.807) is 17.4 Å². The fourth-order valence-electron chi connectivity index (χ4n) is 2.82. The largest absolute Gasteiger partial charge is 0.504 e. The number of thiazole rings is 1. The fourth-order valence-corrected chi connectivity index (χ4v) is 3.71. The van der Waals surface area contributed by atoms with Crippen LogP contribution in [0, 0.1) is 0 Å². The topological polar surface area (TPSA) is 42.4 Å². The van der Waals surface area contributed by atoms with Crippen molar-refractivity contribution in [3.05, 3.63) is 65.2 Å². The van der Waals surface area contributed by atoms with Crippen LogP contribution in [0.3, 0.4) is 0 Å². The molecular weight excluding hydrogens is 330 g/mol. The first-order chi connectivity index (χ1) is 12.2. The Morgan fingerprint density at radius 2 is 1.96 bits per heavy atom. The number of nitrogens with zero attached hydrogens (tertiary/aromatic N) is 1. The van der Waals surface area contributed by atoms with Gasteiger partial charge in [0.2, 0.25) is 0 Å². The quantitative estimate of drug-likeness (QED) is 0.513. The lowest BCUT2D eigenvalue weighted by atomic mass is 10.1. The van der Waals surface area contributed by atoms with Crippen LogP contribution in [0.2, 0.25) is 0 Å². The van der Waals surface area contributed by atoms with Crippen molar-refractivity contribution in [1.82, 2.24) is 4.98 Å². The lowest BCUT2D eigenvalue weighted by Gasteiger charge is -2.05. The Morgan fingerprint density at radius 3 is 2.84 bits per heavy atom. The molecule has 4 heteroatoms. The molecule has 4 rings (SSSR count). The van der Waals surface area contributed by atoms with Gasteiger partial charge in [-0.3, -0.25) is 0 Å². The van der Waals surface area contributed by atoms with E-state index in [2.05, 4.69) is 24.3 Å². The maximum absolute atomic E-state index is 9.79. The van der Waals surface area contributed by atoms with E-state index < -0.39 is 0 Å². The smallest absolute Gasteiger partial charge is 0.161 e. The second kappa shape index (κ2) is 6.57. The Kier molecular flexibility index (Phi) is 4.12. The highest BCUT2D eigenvalue weighted by Gasteiger charge is 2.06. The van der Waals surface area contributed by atoms with Crippen LogP contribution in [-0.2, 0) is 0 Å². The molecule has 0 saturated heterocycles. The van der Waals surface area contributed by atoms with Gasteiger partial charge in [-0.05, 0) is 42.1 Å². The molecule has 1 heterocycles. The first kappa shape index (κ1) is 15.7. The van der Waals surface area contributed by atoms with E-state index in [9.17, 15) is 5.11 Å². The van der Waals surface area contributed by atoms with Crippen molar-refractivity contribution in [1.29, 1.82) is 0 Å². The Bertz CT molecular complexity index is 1080. The first-order valence-corrected chi connectivity index (χ1v) is 8.98. The zero-order valence-electron chi connectivity index (χ0n) is 13.8. The molecule has 124 valence electrons. The number of phenolic OH excluding ortho intramolecular Hbond substituents is 1. The molecule has 3 nitrogen and oxygen atoms in total. The van der Waals surface area contributed by atoms with Crippen LogP contribution < -0.4 is 4.74 Å². The standard InChI is InChI=1S/C21H17NO2S/c1-2-24-18-13-14(7-10-17(18)23)8-12-20-22-21-16-6-4-3-5-15(16)9-11-19(21)25-20/h3-13,23H,2H2,1H3/b12-8+. The highest BCUT2D eigenvalue weighted by molar-refractivity contribution is 7.19. The number of phenols is 1. The molecule has 0 saturated carbocycles. The van der Waals surface area contributed by atoms with Crippen molar-refractivity contribution in [2.45, 2.75) is 6.92 Å². The van der Waals surface area contributed by atoms with Gasteiger partial charge < -0.3 is 9.84 Å². The van der Waals surface area contributed by atoms with Crippen molar-refractivity contribution >= 4 is 44.5 Å². The van der Waals surface area contributed by atoms with Crippen LogP contribution in [0.4, 0.5) is 0 Å². The molecule has 0 unspecified atom stereocenters. The van der Waals surface area contributed by atoms with E-state index in [4.69, 9.17) is 9.72 Å². The van der Waals surface area contributed by atoms with Crippen LogP contribution in [0.1, 0.15) is 17.5 Å². The summed E-state index contributed by atoms with van der Waals surface area (Å²) in [5.74, 6) is 0.658. The zero-order chi connectivity index (χ0) is 17.2. The van der Waals surface area contributed by atoms with Gasteiger partial charge in [0, 0.05) is 5.39 Å². The van der Waals surface area contributed by atoms with Crippen LogP contribution in [0.15, 0.2) is 54.6 Å². The highest BCUT2D eigenvalue weighted by atomic mass is 32.1. The van der Waals surface area contributed by atoms with Crippen LogP contribution in [0.5, 0.6) is 11.5 Å². The lowest BCUT2D eigenvalue weighted by Crippen LogP contribution is -1.91. The van der Waals surface area contributed by atoms with Crippen molar-refractivity contribution in [3.63, 3.8) is 0 Å². The van der Waals surface area contributed by atoms with Gasteiger partial charge in [0.1, 0.15) is 5.01 Å². The Hall–Kier alpha value is -2.85. The predicted molar refractivity (Wildman–Crippen MR) is 105 cm³/mol. The third-order valence-corrected chi connectivity index (χ3v) is 4.99. The van der Waals surface area contributed by atoms with E-state index >= 15 is 0 Å². The summed E-state index contributed by atoms with van der Waals surface area (Å²) in [5, 5.41) is 13.1. The second-order valence-electron chi connectivity index (χ2n) is 5.68. The molecule has 0 bridgehead atoms. The molecule has 0 atom stereocenters. The molecular formula is C21H17NO2S. The summed E-state index contributed by atoms with van der Waals surface area (Å²) in [5.41, 5.74) is 2.01. The molecule has 0 radical (unpaired) electrons. The third kappa shape index (κ3) is 3.08. The van der Waals surface area contributed by atoms with E-state index in [-0.39, 0.29) is 5.75 Å². The molecule has 0 aliphatic heterocycles. The minimum Gasteiger partial charge on any atom is -0.504 e. The summed E-state index contributed by atoms with van der Waals surface area (Å²) in [4.78, 5) is 4.78. The molecule has 0 aliphatic rings. The van der Waals surface area contributed by atoms with Gasteiger partial charge in [-0.1, -0.05) is 42.5 Å². The number of ether oxygens (including phenoxy) is 1. The average Bonchev–Trinajstić information content (AvgIpc) is 3.06. The highest BCUT2D eigenvalue weighted by Crippen LogP contribution is 2.31. The zero-order valence-corrected chi connectivity index (χ0v) is 14.6. The first-order valence-electron chi connectivity index (χ1n) is 8.17. The summed E-state index contributed by atoms with van der Waals surface area (Å²) in [6.45, 7) is 2.42. The average molecular weight is 347 g/mol. The van der Waals surface area contributed by atoms with Crippen molar-refractivity contribution in [2.75, 3.05) is 6.61 Å². The Labute approximate surface area is 149 Å². The minimum absolute atomic E-state index is 0.158. The molecule has 0 amide bonds. The molecule has 0 spiro atoms. The van der Waals surface area contributed by atoms with Gasteiger partial charge in [-0.25, -0.2) is 4.98 Å². The number of aromatic hydroxyl groups is 1. The maximum Gasteiger partial charge on any atom is 0.161 e. The number of aromatic nitrogens is 1. The SMILES string of the molecule is CCOc1cc(/C=C/c2nc3c(ccc4ccccc43)s2)ccc1O. The van der Waals surface area contributed by atoms with Gasteiger partial charge in [-0.2, -0.15) is 0 Å². The number of benzene rings is 3. The van der Waals surface area contributed by atoms with Crippen LogP contribution in [-0.4, -0.2) is 16.7 Å². The van der Waals surface area contributed by atoms with E-state index in [0.717, 1.165) is 16.1 Å². The maximum atomic E-state index is 9.79. The Morgan fingerprint density at radius 1 is 1.08 bits per heavy atom. The molecule has 0 aliphatic carbocycles. The van der Waals surface area contributed by atoms with Gasteiger partial charge in [-0.15, -0.1) is 11.3 Å². The van der Waals surface area contributed by atoms with Crippen molar-refractivity contribution in [3.8, 4) is 11.5 Å². The summed E-state index contributed by atoms with van der Waals surface area (Å²) >= 11 is 1.67. The van der Waals surface area contributed by atoms with Crippen molar-refractivity contribution in [2.24, 2.45) is 0 Å². The number of hydrogen-bond donors (Lipinski definition) is 1. The van der Waals surface area contributed by atoms with Gasteiger partial charge in [0.25, 0.3) is 0 Å². The van der Waals surface area contributed by atoms with Gasteiger partial charge in [0.05, 0.1) is 16.8 Å². The third-order valence-electron chi connectivity index (χ3n) is 4.00. The number of fused-ring (bicyclic) bond motifs is 3. The van der Waals surface area contributed by atoms with Crippen molar-refractivity contribution < 1.29 is 9.84 Å². The summed E-state index contributed by atoms with van der Waals surface area (Å²) in [7, 11) is 0. The Balaban J connectivity index is 1.70. The fraction of sp³-hybridized carbons (Fsp3) is 0.0952. The normalized spacial score (nSPS) is 11.6. The monoisotopic (exact) mass is 347 g/mol. The number of rotatable bonds is 4. The molecule has 1 aromatic heterocycles. The molecule has 25 heavy (non-hydrogen) atoms. The molecule has 4 aromatic rings. The predicted octanol–water partition coefficient (Wildman–Crippen LogP) is 5.72. The van der Waals surface area contributed by atoms with Gasteiger partial charge in [0.15, 0.2) is 11.5 Å². The minimum atomic E-state index is 0.158. The molecule has 0 fully saturated rings. The van der Waals surface area contributed by atoms with E-state index in [0.29, 0.717) is 12.4 Å². The second-order valence-corrected chi connectivity index (χ2v) is 6.74. The summed E-state index contributed by atoms with van der Waals surface area (Å²) < 4.78 is 6.61.